The number of hydrogen-bond donors (Lipinski definition) is 0. The van der Waals surface area contributed by atoms with E-state index in [-0.39, 0.29) is 0 Å². The molecule has 0 aromatic carbocycles. The summed E-state index contributed by atoms with van der Waals surface area (Å²) < 4.78 is 0. The van der Waals surface area contributed by atoms with Crippen LogP contribution in [0.2, 0.25) is 0 Å². The van der Waals surface area contributed by atoms with Crippen molar-refractivity contribution in [1.82, 2.24) is 9.80 Å². The van der Waals surface area contributed by atoms with Crippen LogP contribution in [0.25, 0.3) is 0 Å². The summed E-state index contributed by atoms with van der Waals surface area (Å²) in [5, 5.41) is 0. The zero-order valence-corrected chi connectivity index (χ0v) is 11.2. The summed E-state index contributed by atoms with van der Waals surface area (Å²) in [7, 11) is 0. The molecule has 3 rings (SSSR count). The quantitative estimate of drug-likeness (QED) is 0.727. The van der Waals surface area contributed by atoms with Crippen molar-refractivity contribution in [3.05, 3.63) is 0 Å². The SMILES string of the molecule is C1CCC(CN2CCCN3CCCC3C2)CC1. The number of hydrogen-bond acceptors (Lipinski definition) is 2. The molecular formula is C15H28N2. The first-order valence-electron chi connectivity index (χ1n) is 7.88. The normalized spacial score (nSPS) is 33.5. The van der Waals surface area contributed by atoms with Crippen molar-refractivity contribution >= 4 is 0 Å². The standard InChI is InChI=1S/C15H28N2/c1-2-6-14(7-3-1)12-16-9-5-11-17-10-4-8-15(17)13-16/h14-15H,1-13H2. The number of rotatable bonds is 2. The Morgan fingerprint density at radius 3 is 2.47 bits per heavy atom. The molecule has 2 heteroatoms. The highest BCUT2D eigenvalue weighted by molar-refractivity contribution is 4.85. The third kappa shape index (κ3) is 3.03. The first-order chi connectivity index (χ1) is 8.42. The molecule has 2 heterocycles. The van der Waals surface area contributed by atoms with Gasteiger partial charge in [0.05, 0.1) is 0 Å². The molecule has 2 nitrogen and oxygen atoms in total. The van der Waals surface area contributed by atoms with Gasteiger partial charge >= 0.3 is 0 Å². The van der Waals surface area contributed by atoms with Gasteiger partial charge in [-0.2, -0.15) is 0 Å². The maximum atomic E-state index is 2.80. The van der Waals surface area contributed by atoms with Gasteiger partial charge in [-0.3, -0.25) is 4.90 Å². The number of fused-ring (bicyclic) bond motifs is 1. The van der Waals surface area contributed by atoms with E-state index in [0.29, 0.717) is 0 Å². The van der Waals surface area contributed by atoms with Crippen LogP contribution in [0.5, 0.6) is 0 Å². The smallest absolute Gasteiger partial charge is 0.0223 e. The summed E-state index contributed by atoms with van der Waals surface area (Å²) in [6.45, 7) is 6.89. The molecule has 1 aliphatic carbocycles. The molecule has 2 saturated heterocycles. The molecule has 17 heavy (non-hydrogen) atoms. The average Bonchev–Trinajstić information content (AvgIpc) is 2.70. The van der Waals surface area contributed by atoms with E-state index >= 15 is 0 Å². The Balaban J connectivity index is 1.52. The summed E-state index contributed by atoms with van der Waals surface area (Å²) in [6, 6.07) is 0.904. The molecule has 0 amide bonds. The molecule has 1 unspecified atom stereocenters. The first-order valence-corrected chi connectivity index (χ1v) is 7.88. The lowest BCUT2D eigenvalue weighted by atomic mass is 9.89. The van der Waals surface area contributed by atoms with Gasteiger partial charge in [-0.1, -0.05) is 19.3 Å². The Hall–Kier alpha value is -0.0800. The molecule has 0 spiro atoms. The molecule has 3 fully saturated rings. The van der Waals surface area contributed by atoms with E-state index < -0.39 is 0 Å². The van der Waals surface area contributed by atoms with Gasteiger partial charge < -0.3 is 4.90 Å². The second kappa shape index (κ2) is 5.71. The molecular weight excluding hydrogens is 208 g/mol. The number of nitrogens with zero attached hydrogens (tertiary/aromatic N) is 2. The summed E-state index contributed by atoms with van der Waals surface area (Å²) in [5.41, 5.74) is 0. The average molecular weight is 236 g/mol. The fourth-order valence-corrected chi connectivity index (χ4v) is 4.18. The molecule has 0 aromatic rings. The fraction of sp³-hybridized carbons (Fsp3) is 1.00. The molecule has 0 bridgehead atoms. The zero-order valence-electron chi connectivity index (χ0n) is 11.2. The van der Waals surface area contributed by atoms with Gasteiger partial charge in [-0.15, -0.1) is 0 Å². The molecule has 0 aromatic heterocycles. The predicted octanol–water partition coefficient (Wildman–Crippen LogP) is 2.74. The van der Waals surface area contributed by atoms with Gasteiger partial charge in [0.25, 0.3) is 0 Å². The van der Waals surface area contributed by atoms with E-state index in [4.69, 9.17) is 0 Å². The minimum Gasteiger partial charge on any atom is -0.301 e. The topological polar surface area (TPSA) is 6.48 Å². The van der Waals surface area contributed by atoms with Crippen LogP contribution in [-0.4, -0.2) is 48.6 Å². The van der Waals surface area contributed by atoms with E-state index in [1.54, 1.807) is 0 Å². The lowest BCUT2D eigenvalue weighted by molar-refractivity contribution is 0.180. The summed E-state index contributed by atoms with van der Waals surface area (Å²) in [6.07, 6.45) is 11.8. The van der Waals surface area contributed by atoms with E-state index in [9.17, 15) is 0 Å². The van der Waals surface area contributed by atoms with Gasteiger partial charge in [-0.25, -0.2) is 0 Å². The Morgan fingerprint density at radius 1 is 0.765 bits per heavy atom. The molecule has 1 atom stereocenters. The van der Waals surface area contributed by atoms with E-state index in [1.807, 2.05) is 0 Å². The molecule has 0 N–H and O–H groups in total. The Morgan fingerprint density at radius 2 is 1.59 bits per heavy atom. The van der Waals surface area contributed by atoms with Crippen molar-refractivity contribution in [2.45, 2.75) is 57.4 Å². The minimum atomic E-state index is 0.904. The van der Waals surface area contributed by atoms with Gasteiger partial charge in [-0.05, 0) is 57.7 Å². The van der Waals surface area contributed by atoms with Crippen molar-refractivity contribution in [3.63, 3.8) is 0 Å². The zero-order chi connectivity index (χ0) is 11.5. The maximum absolute atomic E-state index is 2.80. The van der Waals surface area contributed by atoms with E-state index in [0.717, 1.165) is 12.0 Å². The van der Waals surface area contributed by atoms with Crippen LogP contribution < -0.4 is 0 Å². The summed E-state index contributed by atoms with van der Waals surface area (Å²) in [5.74, 6) is 1.02. The van der Waals surface area contributed by atoms with Crippen molar-refractivity contribution in [3.8, 4) is 0 Å². The third-order valence-corrected chi connectivity index (χ3v) is 5.13. The monoisotopic (exact) mass is 236 g/mol. The highest BCUT2D eigenvalue weighted by Gasteiger charge is 2.29. The minimum absolute atomic E-state index is 0.904. The van der Waals surface area contributed by atoms with E-state index in [2.05, 4.69) is 9.80 Å². The molecule has 98 valence electrons. The van der Waals surface area contributed by atoms with Crippen LogP contribution in [0.1, 0.15) is 51.4 Å². The molecule has 0 radical (unpaired) electrons. The second-order valence-corrected chi connectivity index (χ2v) is 6.45. The van der Waals surface area contributed by atoms with Crippen molar-refractivity contribution in [1.29, 1.82) is 0 Å². The van der Waals surface area contributed by atoms with Gasteiger partial charge in [0.2, 0.25) is 0 Å². The van der Waals surface area contributed by atoms with Crippen LogP contribution in [0.15, 0.2) is 0 Å². The van der Waals surface area contributed by atoms with Crippen LogP contribution >= 0.6 is 0 Å². The molecule has 3 aliphatic rings. The first kappa shape index (κ1) is 12.0. The van der Waals surface area contributed by atoms with Crippen LogP contribution in [0.3, 0.4) is 0 Å². The fourth-order valence-electron chi connectivity index (χ4n) is 4.18. The highest BCUT2D eigenvalue weighted by atomic mass is 15.3. The summed E-state index contributed by atoms with van der Waals surface area (Å²) >= 11 is 0. The van der Waals surface area contributed by atoms with Gasteiger partial charge in [0.1, 0.15) is 0 Å². The highest BCUT2D eigenvalue weighted by Crippen LogP contribution is 2.26. The van der Waals surface area contributed by atoms with Crippen LogP contribution in [0, 0.1) is 5.92 Å². The Labute approximate surface area is 106 Å². The van der Waals surface area contributed by atoms with Gasteiger partial charge in [0.15, 0.2) is 0 Å². The lowest BCUT2D eigenvalue weighted by Gasteiger charge is -2.30. The van der Waals surface area contributed by atoms with Crippen molar-refractivity contribution in [2.75, 3.05) is 32.7 Å². The largest absolute Gasteiger partial charge is 0.301 e. The maximum Gasteiger partial charge on any atom is 0.0223 e. The predicted molar refractivity (Wildman–Crippen MR) is 72.2 cm³/mol. The molecule has 1 saturated carbocycles. The van der Waals surface area contributed by atoms with Crippen LogP contribution in [0.4, 0.5) is 0 Å². The Bertz CT molecular complexity index is 235. The molecule has 2 aliphatic heterocycles. The van der Waals surface area contributed by atoms with E-state index in [1.165, 1.54) is 84.1 Å². The van der Waals surface area contributed by atoms with Crippen molar-refractivity contribution < 1.29 is 0 Å². The van der Waals surface area contributed by atoms with Crippen molar-refractivity contribution in [2.24, 2.45) is 5.92 Å². The second-order valence-electron chi connectivity index (χ2n) is 6.45. The van der Waals surface area contributed by atoms with Gasteiger partial charge in [0, 0.05) is 19.1 Å². The third-order valence-electron chi connectivity index (χ3n) is 5.13. The van der Waals surface area contributed by atoms with Crippen LogP contribution in [-0.2, 0) is 0 Å². The lowest BCUT2D eigenvalue weighted by Crippen LogP contribution is -2.38. The Kier molecular flexibility index (Phi) is 4.02. The summed E-state index contributed by atoms with van der Waals surface area (Å²) in [4.78, 5) is 5.55.